The highest BCUT2D eigenvalue weighted by atomic mass is 19.4. The van der Waals surface area contributed by atoms with Crippen molar-refractivity contribution in [2.75, 3.05) is 0 Å². The van der Waals surface area contributed by atoms with Crippen LogP contribution < -0.4 is 0 Å². The Hall–Kier alpha value is -0.740. The van der Waals surface area contributed by atoms with Gasteiger partial charge in [0, 0.05) is 0 Å². The van der Waals surface area contributed by atoms with Crippen LogP contribution in [0.15, 0.2) is 0 Å². The van der Waals surface area contributed by atoms with E-state index in [4.69, 9.17) is 0 Å². The molecule has 0 saturated heterocycles. The minimum atomic E-state index is -4.90. The Morgan fingerprint density at radius 1 is 1.23 bits per heavy atom. The molecule has 0 aliphatic carbocycles. The monoisotopic (exact) mass is 198 g/mol. The lowest BCUT2D eigenvalue weighted by atomic mass is 9.90. The predicted octanol–water partition coefficient (Wildman–Crippen LogP) is 2.53. The van der Waals surface area contributed by atoms with E-state index in [0.717, 1.165) is 0 Å². The fourth-order valence-corrected chi connectivity index (χ4v) is 0.404. The maximum absolute atomic E-state index is 11.7. The van der Waals surface area contributed by atoms with Gasteiger partial charge in [0.2, 0.25) is 0 Å². The van der Waals surface area contributed by atoms with Crippen LogP contribution in [0.2, 0.25) is 0 Å². The lowest BCUT2D eigenvalue weighted by Crippen LogP contribution is -2.34. The molecule has 0 aromatic carbocycles. The van der Waals surface area contributed by atoms with Gasteiger partial charge in [-0.25, -0.2) is 4.79 Å². The highest BCUT2D eigenvalue weighted by Gasteiger charge is 2.43. The van der Waals surface area contributed by atoms with E-state index in [-0.39, 0.29) is 0 Å². The number of rotatable bonds is 1. The lowest BCUT2D eigenvalue weighted by molar-refractivity contribution is -0.208. The highest BCUT2D eigenvalue weighted by molar-refractivity contribution is 5.75. The molecule has 1 atom stereocenters. The van der Waals surface area contributed by atoms with Gasteiger partial charge in [-0.3, -0.25) is 0 Å². The van der Waals surface area contributed by atoms with E-state index in [1.165, 1.54) is 6.92 Å². The van der Waals surface area contributed by atoms with Crippen LogP contribution in [0.1, 0.15) is 27.7 Å². The molecule has 2 nitrogen and oxygen atoms in total. The zero-order valence-electron chi connectivity index (χ0n) is 8.03. The van der Waals surface area contributed by atoms with Crippen molar-refractivity contribution in [2.24, 2.45) is 5.41 Å². The minimum absolute atomic E-state index is 0.485. The Labute approximate surface area is 75.1 Å². The Bertz CT molecular complexity index is 191. The summed E-state index contributed by atoms with van der Waals surface area (Å²) in [7, 11) is 0. The smallest absolute Gasteiger partial charge is 0.455 e. The molecule has 5 heteroatoms. The molecule has 0 unspecified atom stereocenters. The summed E-state index contributed by atoms with van der Waals surface area (Å²) in [6.07, 6.45) is -5.67. The first-order valence-corrected chi connectivity index (χ1v) is 3.83. The van der Waals surface area contributed by atoms with Crippen molar-refractivity contribution in [1.82, 2.24) is 0 Å². The van der Waals surface area contributed by atoms with Crippen LogP contribution in [0, 0.1) is 5.41 Å². The van der Waals surface area contributed by atoms with Crippen LogP contribution in [0.5, 0.6) is 0 Å². The van der Waals surface area contributed by atoms with Gasteiger partial charge in [0.15, 0.2) is 0 Å². The van der Waals surface area contributed by atoms with Crippen molar-refractivity contribution in [3.8, 4) is 0 Å². The zero-order chi connectivity index (χ0) is 10.9. The molecule has 0 amide bonds. The first-order chi connectivity index (χ1) is 5.55. The molecule has 0 aliphatic rings. The molecule has 0 fully saturated rings. The van der Waals surface area contributed by atoms with E-state index in [2.05, 4.69) is 4.74 Å². The number of halogens is 3. The number of esters is 1. The molecular weight excluding hydrogens is 185 g/mol. The van der Waals surface area contributed by atoms with Gasteiger partial charge >= 0.3 is 12.1 Å². The fourth-order valence-electron chi connectivity index (χ4n) is 0.404. The average molecular weight is 198 g/mol. The molecule has 0 aliphatic heterocycles. The summed E-state index contributed by atoms with van der Waals surface area (Å²) in [5.74, 6) is -2.13. The summed E-state index contributed by atoms with van der Waals surface area (Å²) in [6, 6.07) is 0. The van der Waals surface area contributed by atoms with Gasteiger partial charge in [0.1, 0.15) is 6.10 Å². The number of hydrogen-bond acceptors (Lipinski definition) is 2. The number of hydrogen-bond donors (Lipinski definition) is 0. The summed E-state index contributed by atoms with van der Waals surface area (Å²) in [5.41, 5.74) is -0.485. The third kappa shape index (κ3) is 4.15. The number of carbonyl (C=O) groups excluding carboxylic acids is 1. The van der Waals surface area contributed by atoms with Crippen LogP contribution in [0.25, 0.3) is 0 Å². The second-order valence-electron chi connectivity index (χ2n) is 3.91. The van der Waals surface area contributed by atoms with E-state index < -0.39 is 23.7 Å². The van der Waals surface area contributed by atoms with Crippen LogP contribution >= 0.6 is 0 Å². The second-order valence-corrected chi connectivity index (χ2v) is 3.91. The number of ether oxygens (including phenoxy) is 1. The van der Waals surface area contributed by atoms with Crippen molar-refractivity contribution >= 4 is 5.97 Å². The Balaban J connectivity index is 4.24. The van der Waals surface area contributed by atoms with E-state index in [1.54, 1.807) is 20.8 Å². The predicted molar refractivity (Wildman–Crippen MR) is 41.1 cm³/mol. The first kappa shape index (κ1) is 12.3. The first-order valence-electron chi connectivity index (χ1n) is 3.83. The second kappa shape index (κ2) is 3.55. The molecule has 0 N–H and O–H groups in total. The van der Waals surface area contributed by atoms with Crippen molar-refractivity contribution < 1.29 is 22.7 Å². The van der Waals surface area contributed by atoms with Crippen LogP contribution in [0.4, 0.5) is 13.2 Å². The lowest BCUT2D eigenvalue weighted by Gasteiger charge is -2.27. The number of carbonyl (C=O) groups is 1. The van der Waals surface area contributed by atoms with Gasteiger partial charge < -0.3 is 4.74 Å². The van der Waals surface area contributed by atoms with Crippen molar-refractivity contribution in [3.05, 3.63) is 0 Å². The van der Waals surface area contributed by atoms with E-state index in [0.29, 0.717) is 0 Å². The van der Waals surface area contributed by atoms with Gasteiger partial charge in [0.05, 0.1) is 0 Å². The Kier molecular flexibility index (Phi) is 3.35. The minimum Gasteiger partial charge on any atom is -0.455 e. The van der Waals surface area contributed by atoms with Gasteiger partial charge in [-0.05, 0) is 12.3 Å². The molecule has 0 rings (SSSR count). The summed E-state index contributed by atoms with van der Waals surface area (Å²) in [5, 5.41) is 0. The van der Waals surface area contributed by atoms with Crippen molar-refractivity contribution in [2.45, 2.75) is 40.0 Å². The summed E-state index contributed by atoms with van der Waals surface area (Å²) in [4.78, 5) is 10.4. The van der Waals surface area contributed by atoms with Gasteiger partial charge in [-0.15, -0.1) is 0 Å². The third-order valence-electron chi connectivity index (χ3n) is 1.73. The van der Waals surface area contributed by atoms with Gasteiger partial charge in [0.25, 0.3) is 0 Å². The van der Waals surface area contributed by atoms with Crippen LogP contribution in [-0.4, -0.2) is 18.2 Å². The molecule has 0 aromatic rings. The molecule has 0 aromatic heterocycles. The van der Waals surface area contributed by atoms with E-state index in [9.17, 15) is 18.0 Å². The van der Waals surface area contributed by atoms with E-state index >= 15 is 0 Å². The molecule has 0 heterocycles. The molecule has 0 bridgehead atoms. The van der Waals surface area contributed by atoms with Gasteiger partial charge in [-0.2, -0.15) is 13.2 Å². The summed E-state index contributed by atoms with van der Waals surface area (Å²) < 4.78 is 39.4. The van der Waals surface area contributed by atoms with Crippen molar-refractivity contribution in [1.29, 1.82) is 0 Å². The molecule has 0 spiro atoms. The summed E-state index contributed by atoms with van der Waals surface area (Å²) >= 11 is 0. The van der Waals surface area contributed by atoms with Crippen molar-refractivity contribution in [3.63, 3.8) is 0 Å². The van der Waals surface area contributed by atoms with Gasteiger partial charge in [-0.1, -0.05) is 20.8 Å². The molecule has 0 saturated carbocycles. The Morgan fingerprint density at radius 2 is 1.62 bits per heavy atom. The Morgan fingerprint density at radius 3 is 1.85 bits per heavy atom. The maximum atomic E-state index is 11.7. The van der Waals surface area contributed by atoms with E-state index in [1.807, 2.05) is 0 Å². The number of alkyl halides is 3. The summed E-state index contributed by atoms with van der Waals surface area (Å²) in [6.45, 7) is 6.52. The molecular formula is C8H13F3O2. The van der Waals surface area contributed by atoms with Crippen LogP contribution in [-0.2, 0) is 9.53 Å². The van der Waals surface area contributed by atoms with Crippen LogP contribution in [0.3, 0.4) is 0 Å². The highest BCUT2D eigenvalue weighted by Crippen LogP contribution is 2.25. The fraction of sp³-hybridized carbons (Fsp3) is 0.875. The standard InChI is InChI=1S/C8H13F3O2/c1-5(7(2,3)4)13-6(12)8(9,10)11/h5H,1-4H3/t5-/m1/s1. The third-order valence-corrected chi connectivity index (χ3v) is 1.73. The molecule has 13 heavy (non-hydrogen) atoms. The topological polar surface area (TPSA) is 26.3 Å². The molecule has 0 radical (unpaired) electrons. The average Bonchev–Trinajstić information content (AvgIpc) is 1.82. The zero-order valence-corrected chi connectivity index (χ0v) is 8.03. The quantitative estimate of drug-likeness (QED) is 0.605. The molecule has 78 valence electrons. The largest absolute Gasteiger partial charge is 0.490 e. The normalized spacial score (nSPS) is 15.3. The SMILES string of the molecule is C[C@@H](OC(=O)C(F)(F)F)C(C)(C)C. The maximum Gasteiger partial charge on any atom is 0.490 e.